The van der Waals surface area contributed by atoms with Crippen molar-refractivity contribution in [3.63, 3.8) is 0 Å². The molecule has 1 saturated carbocycles. The number of carbonyl (C=O) groups excluding carboxylic acids is 5. The van der Waals surface area contributed by atoms with Crippen LogP contribution in [0, 0.1) is 31.1 Å². The average molecular weight is 981 g/mol. The summed E-state index contributed by atoms with van der Waals surface area (Å²) in [7, 11) is 0. The second-order valence-electron chi connectivity index (χ2n) is 17.5. The Kier molecular flexibility index (Phi) is 25.1. The number of carboxylic acid groups (broad SMARTS) is 3. The van der Waals surface area contributed by atoms with Crippen molar-refractivity contribution in [2.75, 3.05) is 19.6 Å². The van der Waals surface area contributed by atoms with E-state index in [-0.39, 0.29) is 92.7 Å². The van der Waals surface area contributed by atoms with Crippen LogP contribution in [-0.4, -0.2) is 101 Å². The quantitative estimate of drug-likeness (QED) is 0.0391. The molecule has 369 valence electrons. The summed E-state index contributed by atoms with van der Waals surface area (Å²) >= 11 is 0. The maximum atomic E-state index is 13.5. The number of ketones is 1. The number of hydrogen-bond donors (Lipinski definition) is 9. The summed E-state index contributed by atoms with van der Waals surface area (Å²) in [5, 5.41) is 42.5. The minimum absolute atomic E-state index is 0. The van der Waals surface area contributed by atoms with Crippen molar-refractivity contribution in [3.8, 4) is 0 Å². The molecule has 0 heterocycles. The van der Waals surface area contributed by atoms with Crippen molar-refractivity contribution < 1.29 is 73.6 Å². The fraction of sp³-hybridized carbons (Fsp3) is 0.480. The first-order chi connectivity index (χ1) is 32.4. The molecule has 3 aromatic carbocycles. The number of aliphatic carboxylic acids is 3. The molecule has 1 aliphatic rings. The van der Waals surface area contributed by atoms with Gasteiger partial charge in [-0.15, -0.1) is 6.54 Å². The summed E-state index contributed by atoms with van der Waals surface area (Å²) in [5.74, 6) is -4.47. The predicted molar refractivity (Wildman–Crippen MR) is 253 cm³/mol. The third kappa shape index (κ3) is 21.3. The SMILES string of the molecule is [2H]NC[CH-]C(=O)NCC1CCC(C(=O)NC(Cc2ccc3ccccc3c2)C(=O)NCCCCC(NC(=O)NC(CCC(=O)O)C(=O)O)C(=O)O)CC1.[CH2-]C(=O)C(C)c1ccc(CC(C)C)cc1.[V+2]. The summed E-state index contributed by atoms with van der Waals surface area (Å²) in [5.41, 5.74) is 5.38. The van der Waals surface area contributed by atoms with Gasteiger partial charge in [0.15, 0.2) is 0 Å². The van der Waals surface area contributed by atoms with E-state index in [1.54, 1.807) is 0 Å². The maximum absolute atomic E-state index is 13.5. The minimum atomic E-state index is -1.52. The van der Waals surface area contributed by atoms with Crippen LogP contribution >= 0.6 is 0 Å². The zero-order chi connectivity index (χ0) is 50.2. The van der Waals surface area contributed by atoms with Crippen LogP contribution in [0.2, 0.25) is 1.41 Å². The number of urea groups is 1. The molecule has 0 aromatic heterocycles. The van der Waals surface area contributed by atoms with Gasteiger partial charge in [-0.3, -0.25) is 20.8 Å². The fourth-order valence-electron chi connectivity index (χ4n) is 7.69. The molecular weight excluding hydrogens is 912 g/mol. The molecule has 0 bridgehead atoms. The molecular formula is C50H68N6O11V. The number of benzene rings is 3. The van der Waals surface area contributed by atoms with Gasteiger partial charge in [0.1, 0.15) is 19.5 Å². The molecule has 4 atom stereocenters. The normalized spacial score (nSPS) is 16.1. The first kappa shape index (κ1) is 56.3. The number of carboxylic acids is 3. The second kappa shape index (κ2) is 30.4. The number of nitrogens with two attached hydrogens (primary N) is 1. The van der Waals surface area contributed by atoms with Gasteiger partial charge >= 0.3 is 42.5 Å². The Hall–Kier alpha value is -6.04. The fourth-order valence-corrected chi connectivity index (χ4v) is 7.69. The molecule has 1 radical (unpaired) electrons. The van der Waals surface area contributed by atoms with Gasteiger partial charge in [-0.1, -0.05) is 87.5 Å². The Morgan fingerprint density at radius 2 is 1.37 bits per heavy atom. The molecule has 1 fully saturated rings. The van der Waals surface area contributed by atoms with E-state index in [0.717, 1.165) is 41.2 Å². The number of hydrogen-bond acceptors (Lipinski definition) is 9. The van der Waals surface area contributed by atoms with Crippen molar-refractivity contribution in [1.82, 2.24) is 26.6 Å². The first-order valence-corrected chi connectivity index (χ1v) is 22.9. The molecule has 10 N–H and O–H groups in total. The van der Waals surface area contributed by atoms with E-state index in [2.05, 4.69) is 65.2 Å². The molecule has 4 unspecified atom stereocenters. The van der Waals surface area contributed by atoms with Crippen LogP contribution in [-0.2, 0) is 65.0 Å². The smallest absolute Gasteiger partial charge is 0.481 e. The number of unbranched alkanes of at least 4 members (excludes halogenated alkanes) is 1. The number of Topliss-reactive ketones (excluding diaryl/α,β-unsaturated/α-hetero) is 1. The monoisotopic (exact) mass is 980 g/mol. The molecule has 18 heteroatoms. The Balaban J connectivity index is 0.000000867. The van der Waals surface area contributed by atoms with E-state index < -0.39 is 54.4 Å². The summed E-state index contributed by atoms with van der Waals surface area (Å²) in [4.78, 5) is 96.0. The number of rotatable bonds is 26. The number of amides is 5. The molecule has 0 aliphatic heterocycles. The van der Waals surface area contributed by atoms with Crippen molar-refractivity contribution in [2.45, 2.75) is 115 Å². The van der Waals surface area contributed by atoms with Crippen molar-refractivity contribution >= 4 is 58.2 Å². The van der Waals surface area contributed by atoms with Crippen LogP contribution in [0.15, 0.2) is 66.7 Å². The van der Waals surface area contributed by atoms with Crippen molar-refractivity contribution in [3.05, 3.63) is 96.8 Å². The summed E-state index contributed by atoms with van der Waals surface area (Å²) in [6.45, 7) is 10.5. The minimum Gasteiger partial charge on any atom is -0.481 e. The van der Waals surface area contributed by atoms with Crippen LogP contribution in [0.25, 0.3) is 10.8 Å². The third-order valence-corrected chi connectivity index (χ3v) is 11.6. The number of carbonyl (C=O) groups is 8. The van der Waals surface area contributed by atoms with E-state index in [1.807, 2.05) is 61.5 Å². The summed E-state index contributed by atoms with van der Waals surface area (Å²) in [6.07, 6.45) is 5.03. The zero-order valence-corrected chi connectivity index (χ0v) is 40.5. The largest absolute Gasteiger partial charge is 2.00 e. The summed E-state index contributed by atoms with van der Waals surface area (Å²) in [6, 6.07) is 17.1. The van der Waals surface area contributed by atoms with Gasteiger partial charge in [0.25, 0.3) is 0 Å². The second-order valence-corrected chi connectivity index (χ2v) is 17.5. The van der Waals surface area contributed by atoms with E-state index in [9.17, 15) is 48.6 Å². The molecule has 3 aromatic rings. The molecule has 17 nitrogen and oxygen atoms in total. The third-order valence-electron chi connectivity index (χ3n) is 11.6. The van der Waals surface area contributed by atoms with Crippen molar-refractivity contribution in [1.29, 1.82) is 0 Å². The van der Waals surface area contributed by atoms with Gasteiger partial charge in [0.2, 0.25) is 11.8 Å². The van der Waals surface area contributed by atoms with Crippen LogP contribution < -0.4 is 32.3 Å². The van der Waals surface area contributed by atoms with Crippen LogP contribution in [0.3, 0.4) is 0 Å². The Labute approximate surface area is 412 Å². The maximum Gasteiger partial charge on any atom is 2.00 e. The van der Waals surface area contributed by atoms with Crippen LogP contribution in [0.1, 0.15) is 101 Å². The van der Waals surface area contributed by atoms with E-state index >= 15 is 0 Å². The number of nitrogens with one attached hydrogen (secondary N) is 5. The van der Waals surface area contributed by atoms with E-state index in [0.29, 0.717) is 31.7 Å². The average Bonchev–Trinajstić information content (AvgIpc) is 3.30. The van der Waals surface area contributed by atoms with Crippen LogP contribution in [0.4, 0.5) is 4.79 Å². The van der Waals surface area contributed by atoms with Gasteiger partial charge in [0, 0.05) is 43.6 Å². The molecule has 68 heavy (non-hydrogen) atoms. The van der Waals surface area contributed by atoms with E-state index in [4.69, 9.17) is 6.52 Å². The number of fused-ring (bicyclic) bond motifs is 1. The Morgan fingerprint density at radius 1 is 0.750 bits per heavy atom. The zero-order valence-electron chi connectivity index (χ0n) is 40.1. The predicted octanol–water partition coefficient (Wildman–Crippen LogP) is 4.70. The molecule has 5 amide bonds. The van der Waals surface area contributed by atoms with Gasteiger partial charge in [-0.05, 0) is 97.1 Å². The topological polar surface area (TPSA) is 283 Å². The molecule has 0 saturated heterocycles. The van der Waals surface area contributed by atoms with E-state index in [1.165, 1.54) is 12.0 Å². The van der Waals surface area contributed by atoms with Crippen molar-refractivity contribution in [2.24, 2.45) is 23.5 Å². The molecule has 0 spiro atoms. The van der Waals surface area contributed by atoms with Crippen LogP contribution in [0.5, 0.6) is 0 Å². The van der Waals surface area contributed by atoms with Gasteiger partial charge in [-0.25, -0.2) is 14.4 Å². The molecule has 4 rings (SSSR count). The standard InChI is InChI=1S/C36H49N6O10.C14H19O.V/c37-17-16-30(43)39-21-22-8-12-25(13-9-22)32(46)40-29(20-23-10-11-24-5-1-2-6-26(24)19-23)33(47)38-18-4-3-7-27(34(48)49)41-36(52)42-28(35(50)51)14-15-31(44)45;1-10(2)9-13-5-7-14(8-6-13)11(3)12(4)15;/h1-2,5-6,10-11,16,19,22,25,27-29H,3-4,7-9,12-15,17-18,20-21,37H2,(H,38,47)(H,39,43)(H,40,46)(H,44,45)(H,48,49)(H,50,51)(H2,41,42,52);5-8,10-11H,4,9H2,1-3H3;/q2*-1;+2/i/hD. The molecule has 1 aliphatic carbocycles. The van der Waals surface area contributed by atoms with Gasteiger partial charge in [-0.2, -0.15) is 0 Å². The van der Waals surface area contributed by atoms with Gasteiger partial charge in [0.05, 0.1) is 5.91 Å². The Morgan fingerprint density at radius 3 is 1.96 bits per heavy atom. The first-order valence-electron chi connectivity index (χ1n) is 23.4. The summed E-state index contributed by atoms with van der Waals surface area (Å²) < 4.78 is 6.91. The van der Waals surface area contributed by atoms with Gasteiger partial charge < -0.3 is 64.1 Å². The Bertz CT molecular complexity index is 2150.